The molecule has 0 unspecified atom stereocenters. The van der Waals surface area contributed by atoms with E-state index in [1.54, 1.807) is 6.07 Å². The number of carbonyl (C=O) groups is 2. The van der Waals surface area contributed by atoms with Gasteiger partial charge >= 0.3 is 11.8 Å². The van der Waals surface area contributed by atoms with E-state index in [1.807, 2.05) is 26.0 Å². The van der Waals surface area contributed by atoms with Crippen molar-refractivity contribution >= 4 is 17.5 Å². The Morgan fingerprint density at radius 3 is 2.42 bits per heavy atom. The normalized spacial score (nSPS) is 10.1. The maximum atomic E-state index is 11.6. The number of unbranched alkanes of at least 4 members (excludes halogenated alkanes) is 2. The maximum Gasteiger partial charge on any atom is 0.313 e. The minimum absolute atomic E-state index is 0.549. The van der Waals surface area contributed by atoms with Gasteiger partial charge in [-0.3, -0.25) is 9.59 Å². The molecule has 1 aromatic carbocycles. The molecule has 0 aromatic heterocycles. The van der Waals surface area contributed by atoms with Crippen molar-refractivity contribution in [2.75, 3.05) is 11.9 Å². The molecule has 2 N–H and O–H groups in total. The van der Waals surface area contributed by atoms with Crippen molar-refractivity contribution in [2.24, 2.45) is 0 Å². The molecule has 0 spiro atoms. The number of nitrogens with one attached hydrogen (secondary N) is 2. The lowest BCUT2D eigenvalue weighted by molar-refractivity contribution is -0.136. The van der Waals surface area contributed by atoms with E-state index in [2.05, 4.69) is 17.6 Å². The monoisotopic (exact) mass is 262 g/mol. The molecular formula is C15H22N2O2. The zero-order chi connectivity index (χ0) is 14.3. The van der Waals surface area contributed by atoms with E-state index in [1.165, 1.54) is 0 Å². The Labute approximate surface area is 114 Å². The van der Waals surface area contributed by atoms with Gasteiger partial charge in [-0.05, 0) is 43.5 Å². The van der Waals surface area contributed by atoms with E-state index in [-0.39, 0.29) is 0 Å². The average Bonchev–Trinajstić information content (AvgIpc) is 2.38. The van der Waals surface area contributed by atoms with Crippen LogP contribution in [0.4, 0.5) is 5.69 Å². The molecule has 0 saturated heterocycles. The highest BCUT2D eigenvalue weighted by atomic mass is 16.2. The molecule has 104 valence electrons. The topological polar surface area (TPSA) is 58.2 Å². The SMILES string of the molecule is CCCCCNC(=O)C(=O)Nc1ccc(C)c(C)c1. The second-order valence-corrected chi connectivity index (χ2v) is 4.72. The Kier molecular flexibility index (Phi) is 6.06. The quantitative estimate of drug-likeness (QED) is 0.633. The number of hydrogen-bond donors (Lipinski definition) is 2. The number of amides is 2. The summed E-state index contributed by atoms with van der Waals surface area (Å²) in [6.07, 6.45) is 3.04. The first-order valence-electron chi connectivity index (χ1n) is 6.71. The highest BCUT2D eigenvalue weighted by Crippen LogP contribution is 2.13. The van der Waals surface area contributed by atoms with Gasteiger partial charge in [0.25, 0.3) is 0 Å². The van der Waals surface area contributed by atoms with Crippen LogP contribution in [-0.2, 0) is 9.59 Å². The molecule has 0 radical (unpaired) electrons. The molecule has 0 aliphatic heterocycles. The third kappa shape index (κ3) is 5.12. The van der Waals surface area contributed by atoms with E-state index in [4.69, 9.17) is 0 Å². The molecule has 0 fully saturated rings. The molecule has 2 amide bonds. The van der Waals surface area contributed by atoms with Crippen LogP contribution in [-0.4, -0.2) is 18.4 Å². The molecule has 4 nitrogen and oxygen atoms in total. The van der Waals surface area contributed by atoms with Crippen molar-refractivity contribution in [3.8, 4) is 0 Å². The molecule has 4 heteroatoms. The summed E-state index contributed by atoms with van der Waals surface area (Å²) in [5.41, 5.74) is 2.89. The van der Waals surface area contributed by atoms with Crippen LogP contribution in [0.5, 0.6) is 0 Å². The third-order valence-electron chi connectivity index (χ3n) is 3.04. The zero-order valence-electron chi connectivity index (χ0n) is 11.9. The van der Waals surface area contributed by atoms with Gasteiger partial charge in [-0.25, -0.2) is 0 Å². The maximum absolute atomic E-state index is 11.6. The van der Waals surface area contributed by atoms with Crippen LogP contribution in [0.1, 0.15) is 37.3 Å². The number of anilines is 1. The lowest BCUT2D eigenvalue weighted by atomic mass is 10.1. The summed E-state index contributed by atoms with van der Waals surface area (Å²) < 4.78 is 0. The van der Waals surface area contributed by atoms with Crippen LogP contribution in [0.25, 0.3) is 0 Å². The predicted octanol–water partition coefficient (Wildman–Crippen LogP) is 2.55. The first-order valence-corrected chi connectivity index (χ1v) is 6.71. The molecule has 0 aliphatic carbocycles. The molecule has 0 heterocycles. The smallest absolute Gasteiger partial charge is 0.313 e. The van der Waals surface area contributed by atoms with Crippen molar-refractivity contribution in [2.45, 2.75) is 40.0 Å². The fourth-order valence-corrected chi connectivity index (χ4v) is 1.66. The molecule has 0 saturated carbocycles. The number of aryl methyl sites for hydroxylation is 2. The summed E-state index contributed by atoms with van der Waals surface area (Å²) in [6.45, 7) is 6.61. The van der Waals surface area contributed by atoms with Gasteiger partial charge in [0.1, 0.15) is 0 Å². The number of carbonyl (C=O) groups excluding carboxylic acids is 2. The van der Waals surface area contributed by atoms with E-state index in [0.29, 0.717) is 12.2 Å². The van der Waals surface area contributed by atoms with Gasteiger partial charge in [0.2, 0.25) is 0 Å². The Morgan fingerprint density at radius 1 is 1.05 bits per heavy atom. The second-order valence-electron chi connectivity index (χ2n) is 4.72. The Bertz CT molecular complexity index is 455. The van der Waals surface area contributed by atoms with Gasteiger partial charge in [0.15, 0.2) is 0 Å². The molecule has 0 aliphatic rings. The second kappa shape index (κ2) is 7.56. The van der Waals surface area contributed by atoms with E-state index < -0.39 is 11.8 Å². The Balaban J connectivity index is 2.45. The molecule has 0 bridgehead atoms. The number of hydrogen-bond acceptors (Lipinski definition) is 2. The predicted molar refractivity (Wildman–Crippen MR) is 77.1 cm³/mol. The van der Waals surface area contributed by atoms with Gasteiger partial charge in [0.05, 0.1) is 0 Å². The fourth-order valence-electron chi connectivity index (χ4n) is 1.66. The van der Waals surface area contributed by atoms with Crippen LogP contribution >= 0.6 is 0 Å². The lowest BCUT2D eigenvalue weighted by Gasteiger charge is -2.08. The molecule has 1 rings (SSSR count). The summed E-state index contributed by atoms with van der Waals surface area (Å²) in [5, 5.41) is 5.21. The molecule has 1 aromatic rings. The molecule has 0 atom stereocenters. The van der Waals surface area contributed by atoms with Crippen molar-refractivity contribution in [3.05, 3.63) is 29.3 Å². The summed E-state index contributed by atoms with van der Waals surface area (Å²) >= 11 is 0. The van der Waals surface area contributed by atoms with Crippen molar-refractivity contribution < 1.29 is 9.59 Å². The largest absolute Gasteiger partial charge is 0.348 e. The van der Waals surface area contributed by atoms with Crippen LogP contribution < -0.4 is 10.6 Å². The van der Waals surface area contributed by atoms with Crippen LogP contribution in [0.15, 0.2) is 18.2 Å². The zero-order valence-corrected chi connectivity index (χ0v) is 11.9. The average molecular weight is 262 g/mol. The summed E-state index contributed by atoms with van der Waals surface area (Å²) in [7, 11) is 0. The highest BCUT2D eigenvalue weighted by Gasteiger charge is 2.12. The minimum atomic E-state index is -0.611. The number of benzene rings is 1. The van der Waals surface area contributed by atoms with Gasteiger partial charge in [-0.15, -0.1) is 0 Å². The molecule has 19 heavy (non-hydrogen) atoms. The lowest BCUT2D eigenvalue weighted by Crippen LogP contribution is -2.35. The minimum Gasteiger partial charge on any atom is -0.348 e. The highest BCUT2D eigenvalue weighted by molar-refractivity contribution is 6.39. The Morgan fingerprint density at radius 2 is 1.79 bits per heavy atom. The van der Waals surface area contributed by atoms with Crippen LogP contribution in [0.3, 0.4) is 0 Å². The number of rotatable bonds is 5. The van der Waals surface area contributed by atoms with Gasteiger partial charge in [-0.2, -0.15) is 0 Å². The third-order valence-corrected chi connectivity index (χ3v) is 3.04. The summed E-state index contributed by atoms with van der Waals surface area (Å²) in [5.74, 6) is -1.19. The Hall–Kier alpha value is -1.84. The molecular weight excluding hydrogens is 240 g/mol. The van der Waals surface area contributed by atoms with E-state index in [0.717, 1.165) is 30.4 Å². The fraction of sp³-hybridized carbons (Fsp3) is 0.467. The van der Waals surface area contributed by atoms with Gasteiger partial charge < -0.3 is 10.6 Å². The summed E-state index contributed by atoms with van der Waals surface area (Å²) in [4.78, 5) is 23.2. The van der Waals surface area contributed by atoms with Crippen LogP contribution in [0, 0.1) is 13.8 Å². The van der Waals surface area contributed by atoms with Crippen molar-refractivity contribution in [3.63, 3.8) is 0 Å². The van der Waals surface area contributed by atoms with E-state index in [9.17, 15) is 9.59 Å². The first-order chi connectivity index (χ1) is 9.04. The van der Waals surface area contributed by atoms with Gasteiger partial charge in [-0.1, -0.05) is 25.8 Å². The van der Waals surface area contributed by atoms with Gasteiger partial charge in [0, 0.05) is 12.2 Å². The first kappa shape index (κ1) is 15.2. The van der Waals surface area contributed by atoms with E-state index >= 15 is 0 Å². The van der Waals surface area contributed by atoms with Crippen molar-refractivity contribution in [1.82, 2.24) is 5.32 Å². The standard InChI is InChI=1S/C15H22N2O2/c1-4-5-6-9-16-14(18)15(19)17-13-8-7-11(2)12(3)10-13/h7-8,10H,4-6,9H2,1-3H3,(H,16,18)(H,17,19). The van der Waals surface area contributed by atoms with Crippen molar-refractivity contribution in [1.29, 1.82) is 0 Å². The summed E-state index contributed by atoms with van der Waals surface area (Å²) in [6, 6.07) is 5.58. The van der Waals surface area contributed by atoms with Crippen LogP contribution in [0.2, 0.25) is 0 Å².